The predicted octanol–water partition coefficient (Wildman–Crippen LogP) is 5.82. The summed E-state index contributed by atoms with van der Waals surface area (Å²) in [6.45, 7) is 8.11. The number of nitrogens with zero attached hydrogens (tertiary/aromatic N) is 2. The maximum absolute atomic E-state index is 15.2. The van der Waals surface area contributed by atoms with E-state index in [1.807, 2.05) is 44.2 Å². The maximum atomic E-state index is 15.2. The molecule has 2 saturated carbocycles. The fourth-order valence-corrected chi connectivity index (χ4v) is 12.6. The summed E-state index contributed by atoms with van der Waals surface area (Å²) in [5.74, 6) is -1.04. The molecule has 0 aromatic heterocycles. The third-order valence-electron chi connectivity index (χ3n) is 15.7. The minimum atomic E-state index is -0.684. The summed E-state index contributed by atoms with van der Waals surface area (Å²) in [6, 6.07) is 9.57. The molecule has 0 radical (unpaired) electrons. The first kappa shape index (κ1) is 44.8. The van der Waals surface area contributed by atoms with E-state index in [0.29, 0.717) is 36.4 Å². The molecule has 0 spiro atoms. The zero-order chi connectivity index (χ0) is 43.3. The molecule has 6 fully saturated rings. The minimum absolute atomic E-state index is 0.00253. The second-order valence-electron chi connectivity index (χ2n) is 19.2. The fourth-order valence-electron chi connectivity index (χ4n) is 12.6. The van der Waals surface area contributed by atoms with Crippen LogP contribution in [0.4, 0.5) is 0 Å². The molecule has 338 valence electrons. The lowest BCUT2D eigenvalue weighted by Crippen LogP contribution is -2.59. The number of allylic oxidation sites excluding steroid dienone is 2. The van der Waals surface area contributed by atoms with E-state index in [1.54, 1.807) is 21.3 Å². The topological polar surface area (TPSA) is 131 Å². The highest BCUT2D eigenvalue weighted by atomic mass is 16.7. The summed E-state index contributed by atoms with van der Waals surface area (Å²) in [5, 5.41) is 0. The third kappa shape index (κ3) is 8.64. The summed E-state index contributed by atoms with van der Waals surface area (Å²) in [7, 11) is 9.09. The average molecular weight is 851 g/mol. The molecule has 7 aliphatic rings. The molecule has 3 aliphatic carbocycles. The number of cyclic esters (lactones) is 1. The zero-order valence-corrected chi connectivity index (χ0v) is 37.7. The van der Waals surface area contributed by atoms with Gasteiger partial charge in [0.2, 0.25) is 0 Å². The van der Waals surface area contributed by atoms with Gasteiger partial charge < -0.3 is 47.7 Å². The molecule has 0 bridgehead atoms. The van der Waals surface area contributed by atoms with Crippen molar-refractivity contribution < 1.29 is 52.3 Å². The van der Waals surface area contributed by atoms with Gasteiger partial charge in [-0.2, -0.15) is 0 Å². The molecule has 61 heavy (non-hydrogen) atoms. The van der Waals surface area contributed by atoms with Gasteiger partial charge in [0.25, 0.3) is 5.91 Å². The highest BCUT2D eigenvalue weighted by Crippen LogP contribution is 2.64. The highest BCUT2D eigenvalue weighted by molar-refractivity contribution is 6.00. The van der Waals surface area contributed by atoms with Gasteiger partial charge in [-0.3, -0.25) is 14.4 Å². The van der Waals surface area contributed by atoms with Crippen LogP contribution < -0.4 is 0 Å². The van der Waals surface area contributed by atoms with Crippen molar-refractivity contribution in [2.24, 2.45) is 35.5 Å². The van der Waals surface area contributed by atoms with E-state index >= 15 is 4.79 Å². The number of benzene rings is 1. The molecular formula is C48H70N2O11. The van der Waals surface area contributed by atoms with Crippen LogP contribution in [0, 0.1) is 35.5 Å². The number of amides is 1. The molecule has 0 N–H and O–H groups in total. The number of ketones is 1. The number of ether oxygens (including phenoxy) is 8. The van der Waals surface area contributed by atoms with Crippen molar-refractivity contribution in [1.29, 1.82) is 0 Å². The normalized spacial score (nSPS) is 43.9. The van der Waals surface area contributed by atoms with Crippen LogP contribution in [0.15, 0.2) is 42.0 Å². The van der Waals surface area contributed by atoms with Crippen molar-refractivity contribution in [2.45, 2.75) is 165 Å². The van der Waals surface area contributed by atoms with Crippen LogP contribution in [0.2, 0.25) is 0 Å². The molecule has 1 aromatic rings. The Labute approximate surface area is 362 Å². The van der Waals surface area contributed by atoms with E-state index < -0.39 is 36.6 Å². The first-order valence-corrected chi connectivity index (χ1v) is 23.1. The molecule has 3 unspecified atom stereocenters. The Morgan fingerprint density at radius 1 is 0.836 bits per heavy atom. The zero-order valence-electron chi connectivity index (χ0n) is 37.7. The Hall–Kier alpha value is -2.75. The second-order valence-corrected chi connectivity index (χ2v) is 19.2. The molecular weight excluding hydrogens is 781 g/mol. The van der Waals surface area contributed by atoms with Crippen LogP contribution in [-0.2, 0) is 47.5 Å². The number of esters is 1. The lowest BCUT2D eigenvalue weighted by molar-refractivity contribution is -0.314. The van der Waals surface area contributed by atoms with Crippen molar-refractivity contribution in [3.8, 4) is 0 Å². The van der Waals surface area contributed by atoms with E-state index in [2.05, 4.69) is 43.8 Å². The quantitative estimate of drug-likeness (QED) is 0.208. The smallest absolute Gasteiger partial charge is 0.306 e. The average Bonchev–Trinajstić information content (AvgIpc) is 3.65. The number of fused-ring (bicyclic) bond motifs is 8. The van der Waals surface area contributed by atoms with Gasteiger partial charge in [0, 0.05) is 44.8 Å². The third-order valence-corrected chi connectivity index (χ3v) is 15.7. The van der Waals surface area contributed by atoms with E-state index in [-0.39, 0.29) is 96.5 Å². The maximum Gasteiger partial charge on any atom is 0.306 e. The Morgan fingerprint density at radius 2 is 1.56 bits per heavy atom. The summed E-state index contributed by atoms with van der Waals surface area (Å²) >= 11 is 0. The summed E-state index contributed by atoms with van der Waals surface area (Å²) in [4.78, 5) is 47.9. The highest BCUT2D eigenvalue weighted by Gasteiger charge is 2.70. The van der Waals surface area contributed by atoms with Crippen molar-refractivity contribution >= 4 is 17.7 Å². The molecule has 13 nitrogen and oxygen atoms in total. The van der Waals surface area contributed by atoms with E-state index in [1.165, 1.54) is 0 Å². The molecule has 19 atom stereocenters. The first-order chi connectivity index (χ1) is 29.4. The van der Waals surface area contributed by atoms with Crippen molar-refractivity contribution in [3.63, 3.8) is 0 Å². The van der Waals surface area contributed by atoms with E-state index in [9.17, 15) is 9.59 Å². The summed E-state index contributed by atoms with van der Waals surface area (Å²) in [6.07, 6.45) is 4.90. The Kier molecular flexibility index (Phi) is 13.8. The lowest BCUT2D eigenvalue weighted by atomic mass is 9.66. The standard InChI is InChI=1S/C48H70N2O11/c1-10-29-17-14-18-37(61-39-20-19-36(49(5)6)26(3)57-39)25(2)43(52)35-23-32-31-21-30(60-48-46(56-9)45(55-8)44(54-7)27(4)58-48)22-34(31)41-42(40(32)33(35)24-38(51)59-29)50(41)47(53)28-15-12-11-13-16-28/h11-13,15-16,23,25-27,29-34,36-37,39-42,44-46,48H,10,14,17-22,24H2,1-9H3/t25-,26?,27?,29+,30+,31+,32+,33-,34-,36+,37+,39+,40-,41-,42+,44+,45-,46?,48+,50?/m1/s1. The van der Waals surface area contributed by atoms with Crippen LogP contribution in [-0.4, -0.2) is 142 Å². The van der Waals surface area contributed by atoms with Crippen molar-refractivity contribution in [2.75, 3.05) is 35.4 Å². The van der Waals surface area contributed by atoms with Gasteiger partial charge in [0.1, 0.15) is 24.4 Å². The van der Waals surface area contributed by atoms with Crippen LogP contribution in [0.3, 0.4) is 0 Å². The molecule has 1 amide bonds. The number of hydrogen-bond acceptors (Lipinski definition) is 12. The van der Waals surface area contributed by atoms with Gasteiger partial charge in [-0.15, -0.1) is 0 Å². The first-order valence-electron chi connectivity index (χ1n) is 23.1. The number of likely N-dealkylation sites (N-methyl/N-ethyl adjacent to an activating group) is 1. The van der Waals surface area contributed by atoms with Crippen molar-refractivity contribution in [3.05, 3.63) is 47.5 Å². The number of rotatable bonds is 10. The van der Waals surface area contributed by atoms with E-state index in [4.69, 9.17) is 37.9 Å². The van der Waals surface area contributed by atoms with Gasteiger partial charge >= 0.3 is 5.97 Å². The Morgan fingerprint density at radius 3 is 2.23 bits per heavy atom. The summed E-state index contributed by atoms with van der Waals surface area (Å²) < 4.78 is 50.3. The molecule has 4 aliphatic heterocycles. The van der Waals surface area contributed by atoms with Crippen LogP contribution in [0.5, 0.6) is 0 Å². The number of carbonyl (C=O) groups is 3. The molecule has 4 saturated heterocycles. The minimum Gasteiger partial charge on any atom is -0.462 e. The molecule has 8 rings (SSSR count). The van der Waals surface area contributed by atoms with Gasteiger partial charge in [-0.05, 0) is 121 Å². The van der Waals surface area contributed by atoms with Crippen LogP contribution in [0.25, 0.3) is 0 Å². The van der Waals surface area contributed by atoms with E-state index in [0.717, 1.165) is 32.1 Å². The number of carbonyl (C=O) groups excluding carboxylic acids is 3. The van der Waals surface area contributed by atoms with Crippen molar-refractivity contribution in [1.82, 2.24) is 9.80 Å². The second kappa shape index (κ2) is 18.8. The largest absolute Gasteiger partial charge is 0.462 e. The Bertz CT molecular complexity index is 1740. The molecule has 13 heteroatoms. The Balaban J connectivity index is 1.11. The molecule has 4 heterocycles. The number of hydrogen-bond donors (Lipinski definition) is 0. The predicted molar refractivity (Wildman–Crippen MR) is 225 cm³/mol. The van der Waals surface area contributed by atoms with Crippen LogP contribution >= 0.6 is 0 Å². The lowest BCUT2D eigenvalue weighted by Gasteiger charge is -2.44. The molecule has 1 aromatic carbocycles. The summed E-state index contributed by atoms with van der Waals surface area (Å²) in [5.41, 5.74) is 1.32. The number of methoxy groups -OCH3 is 3. The number of Topliss-reactive ketones (excluding diaryl/α,β-unsaturated/α-hetero) is 1. The van der Waals surface area contributed by atoms with Crippen LogP contribution in [0.1, 0.15) is 95.8 Å². The number of likely N-dealkylation sites (tertiary alicyclic amines) is 1. The van der Waals surface area contributed by atoms with Gasteiger partial charge in [-0.25, -0.2) is 0 Å². The monoisotopic (exact) mass is 850 g/mol. The van der Waals surface area contributed by atoms with Gasteiger partial charge in [0.05, 0.1) is 42.9 Å². The van der Waals surface area contributed by atoms with Gasteiger partial charge in [-0.1, -0.05) is 38.1 Å². The SMILES string of the molecule is CC[C@H]1CCC[C@H](O[C@H]2CC[C@H](N(C)C)C(C)O2)[C@@H](C)C(=O)C2=C[C@H]3[C@@H]4C[C@H](O[C@@H]5OC(C)[C@H](OC)[C@@H](OC)C5OC)C[C@H]4[C@@H]4[C@H]([C@H]3[C@@H]2CC(=O)O1)N4C(=O)c1ccccc1. The van der Waals surface area contributed by atoms with Gasteiger partial charge in [0.15, 0.2) is 18.4 Å². The fraction of sp³-hybridized carbons (Fsp3) is 0.771.